The molecule has 8 heteroatoms. The first-order chi connectivity index (χ1) is 13.0. The Morgan fingerprint density at radius 1 is 1.22 bits per heavy atom. The summed E-state index contributed by atoms with van der Waals surface area (Å²) in [7, 11) is 0. The lowest BCUT2D eigenvalue weighted by molar-refractivity contribution is 0.0398. The number of aromatic nitrogens is 2. The molecule has 2 heterocycles. The molecule has 2 N–H and O–H groups in total. The van der Waals surface area contributed by atoms with Crippen molar-refractivity contribution in [2.45, 2.75) is 13.8 Å². The number of nitrogens with one attached hydrogen (secondary N) is 2. The normalized spacial score (nSPS) is 14.8. The van der Waals surface area contributed by atoms with Gasteiger partial charge >= 0.3 is 0 Å². The third kappa shape index (κ3) is 5.63. The molecule has 0 unspecified atom stereocenters. The second-order valence-electron chi connectivity index (χ2n) is 6.51. The van der Waals surface area contributed by atoms with Gasteiger partial charge < -0.3 is 15.4 Å². The maximum atomic E-state index is 12.6. The molecule has 1 aromatic heterocycles. The fraction of sp³-hybridized carbons (Fsp3) is 0.421. The molecule has 0 radical (unpaired) electrons. The maximum Gasteiger partial charge on any atom is 0.274 e. The van der Waals surface area contributed by atoms with Crippen LogP contribution in [0.5, 0.6) is 0 Å². The highest BCUT2D eigenvalue weighted by molar-refractivity contribution is 6.31. The smallest absolute Gasteiger partial charge is 0.274 e. The average Bonchev–Trinajstić information content (AvgIpc) is 2.65. The molecule has 0 spiro atoms. The number of anilines is 2. The Labute approximate surface area is 164 Å². The molecule has 144 valence electrons. The number of carbonyl (C=O) groups is 1. The van der Waals surface area contributed by atoms with E-state index in [-0.39, 0.29) is 5.91 Å². The van der Waals surface area contributed by atoms with E-state index in [4.69, 9.17) is 16.3 Å². The van der Waals surface area contributed by atoms with Gasteiger partial charge in [-0.3, -0.25) is 9.69 Å². The molecule has 3 rings (SSSR count). The lowest BCUT2D eigenvalue weighted by Gasteiger charge is -2.26. The average molecular weight is 390 g/mol. The quantitative estimate of drug-likeness (QED) is 0.790. The number of halogens is 1. The van der Waals surface area contributed by atoms with Crippen molar-refractivity contribution in [2.24, 2.45) is 0 Å². The second-order valence-corrected chi connectivity index (χ2v) is 6.95. The zero-order valence-corrected chi connectivity index (χ0v) is 16.3. The molecular formula is C19H24ClN5O2. The molecule has 1 saturated heterocycles. The van der Waals surface area contributed by atoms with Gasteiger partial charge in [-0.15, -0.1) is 0 Å². The molecule has 0 bridgehead atoms. The van der Waals surface area contributed by atoms with Crippen molar-refractivity contribution in [3.8, 4) is 0 Å². The number of hydrogen-bond donors (Lipinski definition) is 2. The number of morpholine rings is 1. The van der Waals surface area contributed by atoms with Crippen molar-refractivity contribution in [3.05, 3.63) is 46.2 Å². The van der Waals surface area contributed by atoms with E-state index < -0.39 is 0 Å². The van der Waals surface area contributed by atoms with Crippen LogP contribution in [0, 0.1) is 13.8 Å². The number of benzene rings is 1. The van der Waals surface area contributed by atoms with Gasteiger partial charge in [0.05, 0.1) is 13.2 Å². The molecule has 0 atom stereocenters. The van der Waals surface area contributed by atoms with Crippen LogP contribution >= 0.6 is 11.6 Å². The van der Waals surface area contributed by atoms with Gasteiger partial charge in [0.25, 0.3) is 5.91 Å². The van der Waals surface area contributed by atoms with E-state index in [0.29, 0.717) is 28.9 Å². The summed E-state index contributed by atoms with van der Waals surface area (Å²) in [6.07, 6.45) is 0. The summed E-state index contributed by atoms with van der Waals surface area (Å²) in [5.74, 6) is 0.165. The highest BCUT2D eigenvalue weighted by atomic mass is 35.5. The van der Waals surface area contributed by atoms with E-state index >= 15 is 0 Å². The fourth-order valence-electron chi connectivity index (χ4n) is 2.83. The highest BCUT2D eigenvalue weighted by Crippen LogP contribution is 2.21. The minimum absolute atomic E-state index is 0.290. The summed E-state index contributed by atoms with van der Waals surface area (Å²) in [6.45, 7) is 8.75. The van der Waals surface area contributed by atoms with Gasteiger partial charge in [-0.25, -0.2) is 9.97 Å². The van der Waals surface area contributed by atoms with E-state index in [0.717, 1.165) is 44.1 Å². The Morgan fingerprint density at radius 2 is 2.00 bits per heavy atom. The zero-order chi connectivity index (χ0) is 19.2. The van der Waals surface area contributed by atoms with E-state index in [9.17, 15) is 4.79 Å². The first-order valence-electron chi connectivity index (χ1n) is 8.98. The van der Waals surface area contributed by atoms with Crippen LogP contribution in [0.2, 0.25) is 5.02 Å². The van der Waals surface area contributed by atoms with Crippen molar-refractivity contribution < 1.29 is 9.53 Å². The monoisotopic (exact) mass is 389 g/mol. The van der Waals surface area contributed by atoms with Crippen LogP contribution in [0.3, 0.4) is 0 Å². The minimum atomic E-state index is -0.290. The van der Waals surface area contributed by atoms with Crippen molar-refractivity contribution in [2.75, 3.05) is 50.0 Å². The predicted octanol–water partition coefficient (Wildman–Crippen LogP) is 2.74. The molecule has 1 aliphatic rings. The lowest BCUT2D eigenvalue weighted by atomic mass is 10.2. The largest absolute Gasteiger partial charge is 0.379 e. The van der Waals surface area contributed by atoms with Gasteiger partial charge in [0.15, 0.2) is 0 Å². The number of hydrogen-bond acceptors (Lipinski definition) is 6. The Bertz CT molecular complexity index is 809. The van der Waals surface area contributed by atoms with Crippen molar-refractivity contribution >= 4 is 29.1 Å². The number of nitrogens with zero attached hydrogens (tertiary/aromatic N) is 3. The highest BCUT2D eigenvalue weighted by Gasteiger charge is 2.13. The van der Waals surface area contributed by atoms with Gasteiger partial charge in [-0.1, -0.05) is 17.7 Å². The predicted molar refractivity (Wildman–Crippen MR) is 107 cm³/mol. The molecule has 27 heavy (non-hydrogen) atoms. The SMILES string of the molecule is Cc1cc(C(=O)Nc2cc(Cl)ccc2C)nc(NCCN2CCOCC2)n1. The first-order valence-corrected chi connectivity index (χ1v) is 9.36. The summed E-state index contributed by atoms with van der Waals surface area (Å²) in [5, 5.41) is 6.64. The number of aryl methyl sites for hydroxylation is 2. The molecule has 0 aliphatic carbocycles. The molecule has 1 aromatic carbocycles. The number of ether oxygens (including phenoxy) is 1. The molecule has 0 saturated carbocycles. The van der Waals surface area contributed by atoms with Gasteiger partial charge in [-0.2, -0.15) is 0 Å². The van der Waals surface area contributed by atoms with Crippen LogP contribution in [0.15, 0.2) is 24.3 Å². The Hall–Kier alpha value is -2.22. The van der Waals surface area contributed by atoms with Crippen molar-refractivity contribution in [1.29, 1.82) is 0 Å². The Morgan fingerprint density at radius 3 is 2.78 bits per heavy atom. The van der Waals surface area contributed by atoms with Crippen LogP contribution in [-0.4, -0.2) is 60.2 Å². The number of carbonyl (C=O) groups excluding carboxylic acids is 1. The minimum Gasteiger partial charge on any atom is -0.379 e. The maximum absolute atomic E-state index is 12.6. The van der Waals surface area contributed by atoms with Crippen LogP contribution in [0.4, 0.5) is 11.6 Å². The molecular weight excluding hydrogens is 366 g/mol. The van der Waals surface area contributed by atoms with Gasteiger partial charge in [-0.05, 0) is 37.6 Å². The summed E-state index contributed by atoms with van der Waals surface area (Å²) < 4.78 is 5.35. The van der Waals surface area contributed by atoms with Crippen LogP contribution in [0.25, 0.3) is 0 Å². The van der Waals surface area contributed by atoms with E-state index in [2.05, 4.69) is 25.5 Å². The van der Waals surface area contributed by atoms with Gasteiger partial charge in [0.2, 0.25) is 5.95 Å². The molecule has 1 aliphatic heterocycles. The first kappa shape index (κ1) is 19.5. The van der Waals surface area contributed by atoms with E-state index in [1.54, 1.807) is 18.2 Å². The summed E-state index contributed by atoms with van der Waals surface area (Å²) in [5.41, 5.74) is 2.65. The number of rotatable bonds is 6. The molecule has 2 aromatic rings. The van der Waals surface area contributed by atoms with Gasteiger partial charge in [0.1, 0.15) is 5.69 Å². The standard InChI is InChI=1S/C19H24ClN5O2/c1-13-3-4-15(20)12-16(13)23-18(26)17-11-14(2)22-19(24-17)21-5-6-25-7-9-27-10-8-25/h3-4,11-12H,5-10H2,1-2H3,(H,23,26)(H,21,22,24). The Kier molecular flexibility index (Phi) is 6.60. The molecule has 1 fully saturated rings. The van der Waals surface area contributed by atoms with E-state index in [1.807, 2.05) is 19.9 Å². The van der Waals surface area contributed by atoms with Crippen LogP contribution in [0.1, 0.15) is 21.7 Å². The van der Waals surface area contributed by atoms with Gasteiger partial charge in [0, 0.05) is 42.6 Å². The molecule has 1 amide bonds. The summed E-state index contributed by atoms with van der Waals surface area (Å²) in [4.78, 5) is 23.7. The third-order valence-corrected chi connectivity index (χ3v) is 4.58. The van der Waals surface area contributed by atoms with Crippen LogP contribution < -0.4 is 10.6 Å². The van der Waals surface area contributed by atoms with E-state index in [1.165, 1.54) is 0 Å². The molecule has 7 nitrogen and oxygen atoms in total. The van der Waals surface area contributed by atoms with Crippen molar-refractivity contribution in [3.63, 3.8) is 0 Å². The second kappa shape index (κ2) is 9.12. The number of amides is 1. The summed E-state index contributed by atoms with van der Waals surface area (Å²) >= 11 is 6.02. The topological polar surface area (TPSA) is 79.4 Å². The van der Waals surface area contributed by atoms with Crippen molar-refractivity contribution in [1.82, 2.24) is 14.9 Å². The Balaban J connectivity index is 1.63. The zero-order valence-electron chi connectivity index (χ0n) is 15.6. The third-order valence-electron chi connectivity index (χ3n) is 4.35. The lowest BCUT2D eigenvalue weighted by Crippen LogP contribution is -2.39. The van der Waals surface area contributed by atoms with Crippen LogP contribution in [-0.2, 0) is 4.74 Å². The fourth-order valence-corrected chi connectivity index (χ4v) is 3.00. The summed E-state index contributed by atoms with van der Waals surface area (Å²) in [6, 6.07) is 7.05.